The van der Waals surface area contributed by atoms with E-state index in [-0.39, 0.29) is 23.9 Å². The fourth-order valence-electron chi connectivity index (χ4n) is 1.70. The van der Waals surface area contributed by atoms with Gasteiger partial charge in [-0.25, -0.2) is 26.9 Å². The van der Waals surface area contributed by atoms with Gasteiger partial charge in [0.2, 0.25) is 10.0 Å². The summed E-state index contributed by atoms with van der Waals surface area (Å²) in [5, 5.41) is 10.2. The summed E-state index contributed by atoms with van der Waals surface area (Å²) in [6.07, 6.45) is -1.91. The molecule has 2 rings (SSSR count). The number of halogens is 3. The van der Waals surface area contributed by atoms with E-state index in [4.69, 9.17) is 16.3 Å². The number of rotatable bonds is 5. The minimum atomic E-state index is -4.23. The Labute approximate surface area is 118 Å². The van der Waals surface area contributed by atoms with Crippen molar-refractivity contribution in [2.75, 3.05) is 19.8 Å². The van der Waals surface area contributed by atoms with Crippen LogP contribution in [0, 0.1) is 0 Å². The Kier molecular flexibility index (Phi) is 4.26. The Balaban J connectivity index is 2.41. The zero-order chi connectivity index (χ0) is 15.0. The number of ether oxygens (including phenoxy) is 1. The summed E-state index contributed by atoms with van der Waals surface area (Å²) in [5.41, 5.74) is -1.54. The van der Waals surface area contributed by atoms with E-state index < -0.39 is 33.5 Å². The topological polar surface area (TPSA) is 88.5 Å². The second-order valence-corrected chi connectivity index (χ2v) is 6.39. The molecule has 0 spiro atoms. The highest BCUT2D eigenvalue weighted by atomic mass is 35.5. The lowest BCUT2D eigenvalue weighted by molar-refractivity contribution is -0.186. The van der Waals surface area contributed by atoms with Gasteiger partial charge < -0.3 is 9.84 Å². The van der Waals surface area contributed by atoms with Gasteiger partial charge in [0.25, 0.3) is 6.43 Å². The summed E-state index contributed by atoms with van der Waals surface area (Å²) in [7, 11) is -4.23. The first-order valence-electron chi connectivity index (χ1n) is 5.48. The molecule has 0 aliphatic carbocycles. The van der Waals surface area contributed by atoms with E-state index in [0.717, 1.165) is 6.20 Å². The minimum absolute atomic E-state index is 0.0202. The maximum atomic E-state index is 12.1. The number of aliphatic hydroxyl groups is 1. The van der Waals surface area contributed by atoms with Crippen molar-refractivity contribution in [3.8, 4) is 0 Å². The normalized spacial score (nSPS) is 18.1. The molecule has 0 aromatic carbocycles. The van der Waals surface area contributed by atoms with Crippen LogP contribution in [-0.4, -0.2) is 44.7 Å². The van der Waals surface area contributed by atoms with Gasteiger partial charge in [-0.1, -0.05) is 11.6 Å². The lowest BCUT2D eigenvalue weighted by Crippen LogP contribution is -2.48. The van der Waals surface area contributed by atoms with Gasteiger partial charge in [0.05, 0.1) is 19.8 Å². The van der Waals surface area contributed by atoms with Gasteiger partial charge in [0, 0.05) is 11.8 Å². The molecule has 2 N–H and O–H groups in total. The van der Waals surface area contributed by atoms with Crippen LogP contribution < -0.4 is 4.72 Å². The van der Waals surface area contributed by atoms with Crippen molar-refractivity contribution in [2.24, 2.45) is 0 Å². The lowest BCUT2D eigenvalue weighted by Gasteiger charge is -2.37. The molecule has 2 heterocycles. The summed E-state index contributed by atoms with van der Waals surface area (Å²) in [5.74, 6) is 0. The van der Waals surface area contributed by atoms with Crippen molar-refractivity contribution in [3.63, 3.8) is 0 Å². The average Bonchev–Trinajstić information content (AvgIpc) is 2.33. The van der Waals surface area contributed by atoms with Crippen LogP contribution in [0.15, 0.2) is 17.2 Å². The van der Waals surface area contributed by atoms with Crippen LogP contribution in [0.3, 0.4) is 0 Å². The molecule has 10 heteroatoms. The van der Waals surface area contributed by atoms with E-state index in [2.05, 4.69) is 4.98 Å². The van der Waals surface area contributed by atoms with Crippen LogP contribution >= 0.6 is 11.6 Å². The van der Waals surface area contributed by atoms with Gasteiger partial charge in [0.15, 0.2) is 0 Å². The van der Waals surface area contributed by atoms with Crippen molar-refractivity contribution in [2.45, 2.75) is 16.9 Å². The van der Waals surface area contributed by atoms with Crippen LogP contribution in [-0.2, 0) is 20.4 Å². The summed E-state index contributed by atoms with van der Waals surface area (Å²) in [4.78, 5) is 3.22. The molecule has 1 aliphatic rings. The Bertz CT molecular complexity index is 607. The van der Waals surface area contributed by atoms with E-state index in [1.54, 1.807) is 4.72 Å². The highest BCUT2D eigenvalue weighted by Gasteiger charge is 2.42. The van der Waals surface area contributed by atoms with Gasteiger partial charge in [-0.15, -0.1) is 0 Å². The molecule has 1 saturated heterocycles. The summed E-state index contributed by atoms with van der Waals surface area (Å²) < 4.78 is 54.8. The molecule has 0 bridgehead atoms. The molecule has 0 amide bonds. The average molecular weight is 329 g/mol. The van der Waals surface area contributed by atoms with Crippen LogP contribution in [0.4, 0.5) is 8.78 Å². The van der Waals surface area contributed by atoms with Crippen LogP contribution in [0.1, 0.15) is 5.56 Å². The van der Waals surface area contributed by atoms with Crippen molar-refractivity contribution in [1.82, 2.24) is 9.71 Å². The molecular weight excluding hydrogens is 318 g/mol. The molecule has 112 valence electrons. The van der Waals surface area contributed by atoms with Gasteiger partial charge in [-0.05, 0) is 6.07 Å². The predicted octanol–water partition coefficient (Wildman–Crippen LogP) is 0.496. The smallest absolute Gasteiger partial charge is 0.251 e. The summed E-state index contributed by atoms with van der Waals surface area (Å²) in [6.45, 7) is -1.24. The number of aromatic nitrogens is 1. The van der Waals surface area contributed by atoms with Crippen LogP contribution in [0.2, 0.25) is 5.15 Å². The Hall–Kier alpha value is -0.870. The molecule has 0 radical (unpaired) electrons. The number of sulfonamides is 1. The maximum Gasteiger partial charge on any atom is 0.251 e. The zero-order valence-electron chi connectivity index (χ0n) is 10.0. The van der Waals surface area contributed by atoms with E-state index >= 15 is 0 Å². The third-order valence-corrected chi connectivity index (χ3v) is 4.39. The largest absolute Gasteiger partial charge is 0.380 e. The molecule has 6 nitrogen and oxygen atoms in total. The Morgan fingerprint density at radius 3 is 2.70 bits per heavy atom. The first-order valence-corrected chi connectivity index (χ1v) is 7.35. The molecule has 20 heavy (non-hydrogen) atoms. The van der Waals surface area contributed by atoms with Crippen LogP contribution in [0.25, 0.3) is 0 Å². The molecule has 1 aromatic heterocycles. The van der Waals surface area contributed by atoms with Gasteiger partial charge in [0.1, 0.15) is 15.6 Å². The second-order valence-electron chi connectivity index (χ2n) is 4.27. The first-order chi connectivity index (χ1) is 9.24. The van der Waals surface area contributed by atoms with Gasteiger partial charge in [-0.3, -0.25) is 0 Å². The first kappa shape index (κ1) is 15.5. The minimum Gasteiger partial charge on any atom is -0.380 e. The molecule has 0 saturated carbocycles. The van der Waals surface area contributed by atoms with E-state index in [9.17, 15) is 22.3 Å². The zero-order valence-corrected chi connectivity index (χ0v) is 11.6. The quantitative estimate of drug-likeness (QED) is 0.768. The van der Waals surface area contributed by atoms with Crippen molar-refractivity contribution in [3.05, 3.63) is 23.0 Å². The Morgan fingerprint density at radius 1 is 1.55 bits per heavy atom. The second kappa shape index (κ2) is 5.49. The standard InChI is InChI=1S/C10H11ClF2N2O4S/c11-8-1-6(10(16)4-19-5-10)7(2-14-8)20(17,18)15-3-9(12)13/h1-2,9,15-16H,3-5H2. The highest BCUT2D eigenvalue weighted by Crippen LogP contribution is 2.34. The van der Waals surface area contributed by atoms with E-state index in [1.165, 1.54) is 6.07 Å². The fourth-order valence-corrected chi connectivity index (χ4v) is 3.09. The third kappa shape index (κ3) is 3.07. The molecular formula is C10H11ClF2N2O4S. The molecule has 0 atom stereocenters. The molecule has 1 fully saturated rings. The lowest BCUT2D eigenvalue weighted by atomic mass is 9.93. The highest BCUT2D eigenvalue weighted by molar-refractivity contribution is 7.89. The number of hydrogen-bond donors (Lipinski definition) is 2. The molecule has 1 aliphatic heterocycles. The number of nitrogens with zero attached hydrogens (tertiary/aromatic N) is 1. The van der Waals surface area contributed by atoms with E-state index in [0.29, 0.717) is 0 Å². The van der Waals surface area contributed by atoms with Crippen molar-refractivity contribution < 1.29 is 27.0 Å². The fraction of sp³-hybridized carbons (Fsp3) is 0.500. The number of pyridine rings is 1. The number of nitrogens with one attached hydrogen (secondary N) is 1. The number of hydrogen-bond acceptors (Lipinski definition) is 5. The van der Waals surface area contributed by atoms with Gasteiger partial charge >= 0.3 is 0 Å². The predicted molar refractivity (Wildman–Crippen MR) is 65.2 cm³/mol. The molecule has 0 unspecified atom stereocenters. The monoisotopic (exact) mass is 328 g/mol. The summed E-state index contributed by atoms with van der Waals surface area (Å²) >= 11 is 5.68. The Morgan fingerprint density at radius 2 is 2.20 bits per heavy atom. The molecule has 1 aromatic rings. The number of alkyl halides is 2. The van der Waals surface area contributed by atoms with Crippen LogP contribution in [0.5, 0.6) is 0 Å². The van der Waals surface area contributed by atoms with Crippen molar-refractivity contribution >= 4 is 21.6 Å². The van der Waals surface area contributed by atoms with E-state index in [1.807, 2.05) is 0 Å². The van der Waals surface area contributed by atoms with Gasteiger partial charge in [-0.2, -0.15) is 0 Å². The van der Waals surface area contributed by atoms with Crippen molar-refractivity contribution in [1.29, 1.82) is 0 Å². The summed E-state index contributed by atoms with van der Waals surface area (Å²) in [6, 6.07) is 1.18. The maximum absolute atomic E-state index is 12.1. The SMILES string of the molecule is O=S(=O)(NCC(F)F)c1cnc(Cl)cc1C1(O)COC1. The third-order valence-electron chi connectivity index (χ3n) is 2.73.